The SMILES string of the molecule is CC(C)(C)OC(=O)NCC(=CF)Cn1cc2c(c1-c1cccc(F)c1)CCN(C1CC1)C2=O. The molecule has 1 N–H and O–H groups in total. The molecule has 33 heavy (non-hydrogen) atoms. The molecule has 0 atom stereocenters. The first-order chi connectivity index (χ1) is 15.7. The highest BCUT2D eigenvalue weighted by atomic mass is 19.1. The van der Waals surface area contributed by atoms with Crippen LogP contribution in [0.4, 0.5) is 13.6 Å². The molecule has 1 aliphatic carbocycles. The number of aromatic nitrogens is 1. The lowest BCUT2D eigenvalue weighted by molar-refractivity contribution is 0.0531. The van der Waals surface area contributed by atoms with Gasteiger partial charge in [-0.25, -0.2) is 13.6 Å². The fourth-order valence-electron chi connectivity index (χ4n) is 4.21. The number of halogens is 2. The third kappa shape index (κ3) is 5.26. The second-order valence-corrected chi connectivity index (χ2v) is 9.61. The molecule has 0 bridgehead atoms. The van der Waals surface area contributed by atoms with E-state index in [1.165, 1.54) is 12.1 Å². The first-order valence-electron chi connectivity index (χ1n) is 11.2. The van der Waals surface area contributed by atoms with Crippen LogP contribution < -0.4 is 5.32 Å². The number of carbonyl (C=O) groups is 2. The van der Waals surface area contributed by atoms with Crippen LogP contribution >= 0.6 is 0 Å². The first kappa shape index (κ1) is 23.0. The lowest BCUT2D eigenvalue weighted by atomic mass is 9.98. The van der Waals surface area contributed by atoms with E-state index in [0.29, 0.717) is 42.2 Å². The summed E-state index contributed by atoms with van der Waals surface area (Å²) in [5, 5.41) is 2.56. The molecule has 4 rings (SSSR count). The van der Waals surface area contributed by atoms with Crippen LogP contribution in [0, 0.1) is 5.82 Å². The van der Waals surface area contributed by atoms with E-state index in [9.17, 15) is 18.4 Å². The molecular formula is C25H29F2N3O3. The largest absolute Gasteiger partial charge is 0.444 e. The number of alkyl carbamates (subject to hydrolysis) is 1. The molecule has 6 nitrogen and oxygen atoms in total. The van der Waals surface area contributed by atoms with Gasteiger partial charge in [-0.05, 0) is 63.3 Å². The molecule has 176 valence electrons. The molecule has 1 aliphatic heterocycles. The van der Waals surface area contributed by atoms with Gasteiger partial charge in [0.05, 0.1) is 17.6 Å². The van der Waals surface area contributed by atoms with Crippen molar-refractivity contribution in [3.8, 4) is 11.3 Å². The number of carbonyl (C=O) groups excluding carboxylic acids is 2. The minimum Gasteiger partial charge on any atom is -0.444 e. The van der Waals surface area contributed by atoms with Gasteiger partial charge in [0.2, 0.25) is 0 Å². The zero-order valence-corrected chi connectivity index (χ0v) is 19.2. The molecular weight excluding hydrogens is 428 g/mol. The molecule has 8 heteroatoms. The van der Waals surface area contributed by atoms with Gasteiger partial charge in [0, 0.05) is 37.4 Å². The van der Waals surface area contributed by atoms with E-state index in [-0.39, 0.29) is 30.4 Å². The second kappa shape index (κ2) is 9.00. The Labute approximate surface area is 192 Å². The summed E-state index contributed by atoms with van der Waals surface area (Å²) in [6, 6.07) is 6.48. The number of amides is 2. The summed E-state index contributed by atoms with van der Waals surface area (Å²) in [5.41, 5.74) is 2.37. The van der Waals surface area contributed by atoms with Crippen molar-refractivity contribution in [2.24, 2.45) is 0 Å². The Bertz CT molecular complexity index is 1100. The first-order valence-corrected chi connectivity index (χ1v) is 11.2. The molecule has 2 heterocycles. The maximum Gasteiger partial charge on any atom is 0.407 e. The van der Waals surface area contributed by atoms with E-state index >= 15 is 0 Å². The number of nitrogens with zero attached hydrogens (tertiary/aromatic N) is 2. The van der Waals surface area contributed by atoms with Gasteiger partial charge in [-0.3, -0.25) is 4.79 Å². The number of hydrogen-bond acceptors (Lipinski definition) is 3. The lowest BCUT2D eigenvalue weighted by Crippen LogP contribution is -2.38. The molecule has 1 aromatic carbocycles. The quantitative estimate of drug-likeness (QED) is 0.676. The molecule has 2 aromatic rings. The summed E-state index contributed by atoms with van der Waals surface area (Å²) < 4.78 is 34.8. The highest BCUT2D eigenvalue weighted by molar-refractivity contribution is 5.99. The Balaban J connectivity index is 1.62. The number of ether oxygens (including phenoxy) is 1. The summed E-state index contributed by atoms with van der Waals surface area (Å²) >= 11 is 0. The molecule has 0 unspecified atom stereocenters. The third-order valence-corrected chi connectivity index (χ3v) is 5.75. The molecule has 2 aliphatic rings. The Kier molecular flexibility index (Phi) is 6.28. The number of nitrogens with one attached hydrogen (secondary N) is 1. The van der Waals surface area contributed by atoms with Crippen molar-refractivity contribution in [3.63, 3.8) is 0 Å². The summed E-state index contributed by atoms with van der Waals surface area (Å²) in [5.74, 6) is -0.420. The van der Waals surface area contributed by atoms with E-state index in [1.807, 2.05) is 4.90 Å². The van der Waals surface area contributed by atoms with E-state index in [2.05, 4.69) is 5.32 Å². The molecule has 2 amide bonds. The Hall–Kier alpha value is -3.16. The van der Waals surface area contributed by atoms with Crippen LogP contribution in [0.15, 0.2) is 42.4 Å². The fraction of sp³-hybridized carbons (Fsp3) is 0.440. The summed E-state index contributed by atoms with van der Waals surface area (Å²) in [6.07, 6.45) is 4.22. The Morgan fingerprint density at radius 2 is 2.06 bits per heavy atom. The Morgan fingerprint density at radius 1 is 1.30 bits per heavy atom. The molecule has 0 radical (unpaired) electrons. The number of benzene rings is 1. The van der Waals surface area contributed by atoms with Gasteiger partial charge in [0.25, 0.3) is 5.91 Å². The standard InChI is InChI=1S/C25H29F2N3O3/c1-25(2,3)33-24(32)28-13-16(12-26)14-29-15-21-20(9-10-30(23(21)31)19-7-8-19)22(29)17-5-4-6-18(27)11-17/h4-6,11-12,15,19H,7-10,13-14H2,1-3H3,(H,28,32). The topological polar surface area (TPSA) is 63.6 Å². The van der Waals surface area contributed by atoms with E-state index in [0.717, 1.165) is 18.4 Å². The van der Waals surface area contributed by atoms with Crippen LogP contribution in [0.2, 0.25) is 0 Å². The molecule has 0 saturated heterocycles. The molecule has 1 fully saturated rings. The number of fused-ring (bicyclic) bond motifs is 1. The van der Waals surface area contributed by atoms with Crippen LogP contribution in [-0.4, -0.2) is 46.2 Å². The molecule has 0 spiro atoms. The summed E-state index contributed by atoms with van der Waals surface area (Å²) in [7, 11) is 0. The van der Waals surface area contributed by atoms with Crippen molar-refractivity contribution in [2.45, 2.75) is 58.2 Å². The molecule has 1 saturated carbocycles. The van der Waals surface area contributed by atoms with E-state index in [4.69, 9.17) is 4.74 Å². The summed E-state index contributed by atoms with van der Waals surface area (Å²) in [4.78, 5) is 27.0. The van der Waals surface area contributed by atoms with Crippen molar-refractivity contribution in [3.05, 3.63) is 59.3 Å². The highest BCUT2D eigenvalue weighted by Crippen LogP contribution is 2.37. The van der Waals surface area contributed by atoms with Crippen molar-refractivity contribution in [1.29, 1.82) is 0 Å². The fourth-order valence-corrected chi connectivity index (χ4v) is 4.21. The van der Waals surface area contributed by atoms with Crippen LogP contribution in [0.25, 0.3) is 11.3 Å². The maximum atomic E-state index is 14.0. The lowest BCUT2D eigenvalue weighted by Gasteiger charge is -2.27. The smallest absolute Gasteiger partial charge is 0.407 e. The van der Waals surface area contributed by atoms with Crippen molar-refractivity contribution >= 4 is 12.0 Å². The second-order valence-electron chi connectivity index (χ2n) is 9.61. The van der Waals surface area contributed by atoms with E-state index in [1.54, 1.807) is 43.7 Å². The number of rotatable bonds is 6. The predicted octanol–water partition coefficient (Wildman–Crippen LogP) is 4.83. The normalized spacial score (nSPS) is 16.6. The predicted molar refractivity (Wildman–Crippen MR) is 121 cm³/mol. The van der Waals surface area contributed by atoms with Gasteiger partial charge in [-0.1, -0.05) is 12.1 Å². The third-order valence-electron chi connectivity index (χ3n) is 5.75. The van der Waals surface area contributed by atoms with Gasteiger partial charge < -0.3 is 19.5 Å². The van der Waals surface area contributed by atoms with Gasteiger partial charge in [0.15, 0.2) is 0 Å². The average Bonchev–Trinajstić information content (AvgIpc) is 3.50. The number of hydrogen-bond donors (Lipinski definition) is 1. The minimum absolute atomic E-state index is 0.0344. The van der Waals surface area contributed by atoms with Crippen molar-refractivity contribution < 1.29 is 23.1 Å². The maximum absolute atomic E-state index is 14.0. The highest BCUT2D eigenvalue weighted by Gasteiger charge is 2.38. The van der Waals surface area contributed by atoms with E-state index < -0.39 is 11.7 Å². The van der Waals surface area contributed by atoms with Crippen LogP contribution in [-0.2, 0) is 17.7 Å². The molecule has 1 aromatic heterocycles. The summed E-state index contributed by atoms with van der Waals surface area (Å²) in [6.45, 7) is 5.90. The van der Waals surface area contributed by atoms with Gasteiger partial charge in [-0.15, -0.1) is 0 Å². The zero-order chi connectivity index (χ0) is 23.8. The van der Waals surface area contributed by atoms with Crippen molar-refractivity contribution in [1.82, 2.24) is 14.8 Å². The van der Waals surface area contributed by atoms with Crippen LogP contribution in [0.5, 0.6) is 0 Å². The average molecular weight is 458 g/mol. The van der Waals surface area contributed by atoms with Crippen LogP contribution in [0.1, 0.15) is 49.5 Å². The van der Waals surface area contributed by atoms with Gasteiger partial charge in [0.1, 0.15) is 11.4 Å². The zero-order valence-electron chi connectivity index (χ0n) is 19.2. The van der Waals surface area contributed by atoms with Gasteiger partial charge >= 0.3 is 6.09 Å². The van der Waals surface area contributed by atoms with Gasteiger partial charge in [-0.2, -0.15) is 0 Å². The Morgan fingerprint density at radius 3 is 2.70 bits per heavy atom. The monoisotopic (exact) mass is 457 g/mol. The van der Waals surface area contributed by atoms with Crippen molar-refractivity contribution in [2.75, 3.05) is 13.1 Å². The minimum atomic E-state index is -0.665. The van der Waals surface area contributed by atoms with Crippen LogP contribution in [0.3, 0.4) is 0 Å².